The van der Waals surface area contributed by atoms with Gasteiger partial charge in [-0.2, -0.15) is 0 Å². The third-order valence-corrected chi connectivity index (χ3v) is 8.82. The average Bonchev–Trinajstić information content (AvgIpc) is 3.67. The summed E-state index contributed by atoms with van der Waals surface area (Å²) in [7, 11) is 0. The Kier molecular flexibility index (Phi) is 12.4. The van der Waals surface area contributed by atoms with Gasteiger partial charge in [-0.15, -0.1) is 0 Å². The van der Waals surface area contributed by atoms with E-state index in [0.717, 1.165) is 32.1 Å². The van der Waals surface area contributed by atoms with E-state index >= 15 is 0 Å². The first-order valence-corrected chi connectivity index (χ1v) is 16.1. The van der Waals surface area contributed by atoms with Crippen molar-refractivity contribution in [2.45, 2.75) is 135 Å². The van der Waals surface area contributed by atoms with Crippen LogP contribution in [0.4, 0.5) is 0 Å². The molecule has 0 bridgehead atoms. The predicted molar refractivity (Wildman–Crippen MR) is 165 cm³/mol. The van der Waals surface area contributed by atoms with Crippen LogP contribution in [-0.4, -0.2) is 94.3 Å². The van der Waals surface area contributed by atoms with Gasteiger partial charge in [-0.1, -0.05) is 53.4 Å². The van der Waals surface area contributed by atoms with Crippen LogP contribution in [0.5, 0.6) is 0 Å². The molecule has 5 amide bonds. The Morgan fingerprint density at radius 1 is 0.932 bits per heavy atom. The standard InChI is InChI=1S/C31H51N7O6/c1-5-10-21(24(39)29(43)34-19-14-15-19)35-27(41)22-13-9-16-38(22)30(44)25(31(2,3)4)37-28(42)23(18-11-7-6-8-12-18)36-26(40)20(33)17-32/h17-19,21-25,32-33,39H,5-16H2,1-4H3,(H,34,43)(H,35,41)(H,36,40)(H,37,42)/t21-,22-,23-,24?,25+/m0/s1. The molecular formula is C31H51N7O6. The zero-order valence-electron chi connectivity index (χ0n) is 26.5. The number of likely N-dealkylation sites (tertiary alicyclic amines) is 1. The van der Waals surface area contributed by atoms with Crippen molar-refractivity contribution in [3.63, 3.8) is 0 Å². The predicted octanol–water partition coefficient (Wildman–Crippen LogP) is 1.17. The van der Waals surface area contributed by atoms with Gasteiger partial charge in [0.2, 0.25) is 17.7 Å². The number of aliphatic hydroxyl groups excluding tert-OH is 1. The fraction of sp³-hybridized carbons (Fsp3) is 0.774. The highest BCUT2D eigenvalue weighted by Gasteiger charge is 2.44. The molecule has 13 nitrogen and oxygen atoms in total. The lowest BCUT2D eigenvalue weighted by Crippen LogP contribution is -2.62. The first kappa shape index (κ1) is 35.1. The highest BCUT2D eigenvalue weighted by molar-refractivity contribution is 6.59. The van der Waals surface area contributed by atoms with Crippen molar-refractivity contribution in [2.24, 2.45) is 11.3 Å². The van der Waals surface area contributed by atoms with E-state index in [9.17, 15) is 29.1 Å². The molecule has 246 valence electrons. The molecule has 3 aliphatic rings. The van der Waals surface area contributed by atoms with Gasteiger partial charge in [-0.3, -0.25) is 29.4 Å². The summed E-state index contributed by atoms with van der Waals surface area (Å²) in [6, 6.07) is -3.56. The molecule has 13 heteroatoms. The van der Waals surface area contributed by atoms with Crippen molar-refractivity contribution < 1.29 is 29.1 Å². The van der Waals surface area contributed by atoms with Crippen LogP contribution in [0, 0.1) is 22.2 Å². The van der Waals surface area contributed by atoms with Crippen molar-refractivity contribution in [3.8, 4) is 0 Å². The van der Waals surface area contributed by atoms with Gasteiger partial charge >= 0.3 is 0 Å². The van der Waals surface area contributed by atoms with Gasteiger partial charge in [-0.05, 0) is 56.3 Å². The molecule has 1 aliphatic heterocycles. The molecule has 7 N–H and O–H groups in total. The van der Waals surface area contributed by atoms with E-state index < -0.39 is 70.9 Å². The van der Waals surface area contributed by atoms with Crippen molar-refractivity contribution >= 4 is 41.5 Å². The molecule has 0 aromatic carbocycles. The van der Waals surface area contributed by atoms with E-state index in [1.165, 1.54) is 4.90 Å². The van der Waals surface area contributed by atoms with Crippen LogP contribution in [0.15, 0.2) is 0 Å². The summed E-state index contributed by atoms with van der Waals surface area (Å²) in [6.07, 6.45) is 7.18. The lowest BCUT2D eigenvalue weighted by atomic mass is 9.82. The molecule has 0 radical (unpaired) electrons. The van der Waals surface area contributed by atoms with Gasteiger partial charge in [0.15, 0.2) is 6.10 Å². The summed E-state index contributed by atoms with van der Waals surface area (Å²) in [5, 5.41) is 36.8. The van der Waals surface area contributed by atoms with Crippen molar-refractivity contribution in [2.75, 3.05) is 6.54 Å². The Bertz CT molecular complexity index is 1100. The molecule has 44 heavy (non-hydrogen) atoms. The second-order valence-corrected chi connectivity index (χ2v) is 13.5. The minimum absolute atomic E-state index is 0.0665. The van der Waals surface area contributed by atoms with Crippen molar-refractivity contribution in [1.29, 1.82) is 10.8 Å². The molecule has 1 saturated heterocycles. The highest BCUT2D eigenvalue weighted by Crippen LogP contribution is 2.29. The maximum Gasteiger partial charge on any atom is 0.271 e. The minimum atomic E-state index is -1.41. The lowest BCUT2D eigenvalue weighted by molar-refractivity contribution is -0.145. The number of amides is 5. The molecule has 3 rings (SSSR count). The third kappa shape index (κ3) is 9.33. The van der Waals surface area contributed by atoms with Gasteiger partial charge in [0, 0.05) is 18.8 Å². The average molecular weight is 618 g/mol. The van der Waals surface area contributed by atoms with E-state index in [1.807, 2.05) is 27.7 Å². The van der Waals surface area contributed by atoms with Crippen LogP contribution in [0.2, 0.25) is 0 Å². The smallest absolute Gasteiger partial charge is 0.271 e. The number of hydrogen-bond donors (Lipinski definition) is 7. The fourth-order valence-corrected chi connectivity index (χ4v) is 6.09. The number of carbonyl (C=O) groups excluding carboxylic acids is 5. The van der Waals surface area contributed by atoms with Crippen LogP contribution < -0.4 is 21.3 Å². The van der Waals surface area contributed by atoms with Crippen molar-refractivity contribution in [3.05, 3.63) is 0 Å². The SMILES string of the molecule is CCC[C@H](NC(=O)[C@@H]1CCCN1C(=O)[C@@H](NC(=O)[C@@H](NC(=O)C(=N)C=N)C1CCCCC1)C(C)(C)C)C(O)C(=O)NC1CC1. The molecule has 2 saturated carbocycles. The van der Waals surface area contributed by atoms with Crippen LogP contribution in [-0.2, 0) is 24.0 Å². The lowest BCUT2D eigenvalue weighted by Gasteiger charge is -2.37. The van der Waals surface area contributed by atoms with Crippen LogP contribution in [0.1, 0.15) is 98.3 Å². The molecular weight excluding hydrogens is 566 g/mol. The molecule has 2 aliphatic carbocycles. The Balaban J connectivity index is 1.76. The number of hydrogen-bond acceptors (Lipinski definition) is 8. The number of nitrogens with zero attached hydrogens (tertiary/aromatic N) is 1. The summed E-state index contributed by atoms with van der Waals surface area (Å²) < 4.78 is 0. The molecule has 0 aromatic rings. The zero-order valence-corrected chi connectivity index (χ0v) is 26.5. The van der Waals surface area contributed by atoms with Gasteiger partial charge in [0.05, 0.1) is 6.04 Å². The second-order valence-electron chi connectivity index (χ2n) is 13.5. The van der Waals surface area contributed by atoms with E-state index in [1.54, 1.807) is 0 Å². The molecule has 0 spiro atoms. The quantitative estimate of drug-likeness (QED) is 0.142. The van der Waals surface area contributed by atoms with E-state index in [0.29, 0.717) is 51.3 Å². The first-order chi connectivity index (χ1) is 20.8. The summed E-state index contributed by atoms with van der Waals surface area (Å²) in [6.45, 7) is 7.63. The summed E-state index contributed by atoms with van der Waals surface area (Å²) in [5.41, 5.74) is -1.31. The van der Waals surface area contributed by atoms with E-state index in [4.69, 9.17) is 10.8 Å². The summed E-state index contributed by atoms with van der Waals surface area (Å²) in [4.78, 5) is 67.8. The highest BCUT2D eigenvalue weighted by atomic mass is 16.3. The van der Waals surface area contributed by atoms with Gasteiger partial charge in [-0.25, -0.2) is 0 Å². The van der Waals surface area contributed by atoms with Crippen molar-refractivity contribution in [1.82, 2.24) is 26.2 Å². The molecule has 5 atom stereocenters. The minimum Gasteiger partial charge on any atom is -0.381 e. The monoisotopic (exact) mass is 617 g/mol. The van der Waals surface area contributed by atoms with E-state index in [2.05, 4.69) is 21.3 Å². The number of aliphatic hydroxyl groups is 1. The molecule has 0 aromatic heterocycles. The first-order valence-electron chi connectivity index (χ1n) is 16.1. The largest absolute Gasteiger partial charge is 0.381 e. The van der Waals surface area contributed by atoms with Gasteiger partial charge in [0.25, 0.3) is 11.8 Å². The molecule has 3 fully saturated rings. The van der Waals surface area contributed by atoms with Crippen LogP contribution in [0.3, 0.4) is 0 Å². The third-order valence-electron chi connectivity index (χ3n) is 8.82. The maximum atomic E-state index is 14.1. The molecule has 1 heterocycles. The number of rotatable bonds is 14. The van der Waals surface area contributed by atoms with Crippen LogP contribution >= 0.6 is 0 Å². The second kappa shape index (κ2) is 15.6. The van der Waals surface area contributed by atoms with Gasteiger partial charge < -0.3 is 36.7 Å². The zero-order chi connectivity index (χ0) is 32.6. The topological polar surface area (TPSA) is 205 Å². The maximum absolute atomic E-state index is 14.1. The number of carbonyl (C=O) groups is 5. The van der Waals surface area contributed by atoms with Gasteiger partial charge in [0.1, 0.15) is 23.8 Å². The number of nitrogens with one attached hydrogen (secondary N) is 6. The molecule has 1 unspecified atom stereocenters. The van der Waals surface area contributed by atoms with E-state index in [-0.39, 0.29) is 12.0 Å². The Morgan fingerprint density at radius 2 is 1.59 bits per heavy atom. The summed E-state index contributed by atoms with van der Waals surface area (Å²) >= 11 is 0. The van der Waals surface area contributed by atoms with Crippen LogP contribution in [0.25, 0.3) is 0 Å². The Morgan fingerprint density at radius 3 is 2.16 bits per heavy atom. The Hall–Kier alpha value is -3.35. The fourth-order valence-electron chi connectivity index (χ4n) is 6.09. The normalized spacial score (nSPS) is 21.8. The summed E-state index contributed by atoms with van der Waals surface area (Å²) in [5.74, 6) is -2.94. The Labute approximate surface area is 260 Å².